The molecule has 2 N–H and O–H groups in total. The first-order chi connectivity index (χ1) is 10.1. The van der Waals surface area contributed by atoms with Crippen LogP contribution in [0.3, 0.4) is 0 Å². The lowest BCUT2D eigenvalue weighted by molar-refractivity contribution is 0.577. The van der Waals surface area contributed by atoms with Crippen molar-refractivity contribution >= 4 is 22.4 Å². The predicted octanol–water partition coefficient (Wildman–Crippen LogP) is 2.66. The van der Waals surface area contributed by atoms with Gasteiger partial charge < -0.3 is 5.32 Å². The van der Waals surface area contributed by atoms with Gasteiger partial charge in [-0.25, -0.2) is 13.1 Å². The summed E-state index contributed by atoms with van der Waals surface area (Å²) in [6, 6.07) is 16.8. The number of sulfonamides is 1. The van der Waals surface area contributed by atoms with Gasteiger partial charge >= 0.3 is 0 Å². The second-order valence-corrected chi connectivity index (χ2v) is 6.51. The normalized spacial score (nSPS) is 11.0. The highest BCUT2D eigenvalue weighted by Gasteiger charge is 2.12. The van der Waals surface area contributed by atoms with Crippen molar-refractivity contribution in [1.82, 2.24) is 10.0 Å². The molecule has 0 bridgehead atoms. The molecule has 0 unspecified atom stereocenters. The third-order valence-electron chi connectivity index (χ3n) is 3.17. The van der Waals surface area contributed by atoms with Crippen molar-refractivity contribution in [2.24, 2.45) is 0 Å². The maximum atomic E-state index is 12.1. The van der Waals surface area contributed by atoms with Crippen LogP contribution >= 0.6 is 12.4 Å². The molecule has 2 aromatic carbocycles. The predicted molar refractivity (Wildman–Crippen MR) is 92.9 cm³/mol. The molecule has 0 fully saturated rings. The van der Waals surface area contributed by atoms with E-state index < -0.39 is 10.0 Å². The first-order valence-corrected chi connectivity index (χ1v) is 8.41. The maximum absolute atomic E-state index is 12.1. The standard InChI is InChI=1S/C16H20N2O2S.ClH/c1-17-12-5-13-18-21(19,20)16-10-8-15(9-11-16)14-6-3-2-4-7-14;/h2-4,6-11,17-18H,5,12-13H2,1H3;1H. The Kier molecular flexibility index (Phi) is 7.55. The minimum Gasteiger partial charge on any atom is -0.320 e. The van der Waals surface area contributed by atoms with Crippen molar-refractivity contribution in [3.8, 4) is 11.1 Å². The molecule has 0 saturated heterocycles. The number of rotatable bonds is 7. The molecule has 0 heterocycles. The number of halogens is 1. The molecule has 2 rings (SSSR count). The van der Waals surface area contributed by atoms with Gasteiger partial charge in [0, 0.05) is 6.54 Å². The molecule has 4 nitrogen and oxygen atoms in total. The van der Waals surface area contributed by atoms with Crippen LogP contribution in [0.15, 0.2) is 59.5 Å². The summed E-state index contributed by atoms with van der Waals surface area (Å²) in [7, 11) is -1.57. The van der Waals surface area contributed by atoms with Crippen molar-refractivity contribution in [1.29, 1.82) is 0 Å². The van der Waals surface area contributed by atoms with Gasteiger partial charge in [-0.2, -0.15) is 0 Å². The summed E-state index contributed by atoms with van der Waals surface area (Å²) in [4.78, 5) is 0.298. The minimum absolute atomic E-state index is 0. The molecule has 0 spiro atoms. The molecule has 0 atom stereocenters. The van der Waals surface area contributed by atoms with E-state index in [4.69, 9.17) is 0 Å². The second-order valence-electron chi connectivity index (χ2n) is 4.75. The summed E-state index contributed by atoms with van der Waals surface area (Å²) in [5.74, 6) is 0. The van der Waals surface area contributed by atoms with Crippen molar-refractivity contribution in [3.63, 3.8) is 0 Å². The van der Waals surface area contributed by atoms with E-state index in [0.717, 1.165) is 24.1 Å². The van der Waals surface area contributed by atoms with Crippen molar-refractivity contribution in [3.05, 3.63) is 54.6 Å². The second kappa shape index (κ2) is 8.90. The molecule has 2 aromatic rings. The minimum atomic E-state index is -3.42. The van der Waals surface area contributed by atoms with Crippen LogP contribution in [0, 0.1) is 0 Å². The van der Waals surface area contributed by atoms with Crippen LogP contribution in [0.1, 0.15) is 6.42 Å². The van der Waals surface area contributed by atoms with Crippen molar-refractivity contribution < 1.29 is 8.42 Å². The Labute approximate surface area is 138 Å². The summed E-state index contributed by atoms with van der Waals surface area (Å²) in [5, 5.41) is 2.98. The number of nitrogens with one attached hydrogen (secondary N) is 2. The Hall–Kier alpha value is -1.40. The summed E-state index contributed by atoms with van der Waals surface area (Å²) in [6.07, 6.45) is 0.762. The van der Waals surface area contributed by atoms with E-state index >= 15 is 0 Å². The fraction of sp³-hybridized carbons (Fsp3) is 0.250. The lowest BCUT2D eigenvalue weighted by atomic mass is 10.1. The summed E-state index contributed by atoms with van der Waals surface area (Å²) >= 11 is 0. The zero-order chi connectivity index (χ0) is 15.1. The highest BCUT2D eigenvalue weighted by molar-refractivity contribution is 7.89. The third kappa shape index (κ3) is 5.10. The monoisotopic (exact) mass is 340 g/mol. The third-order valence-corrected chi connectivity index (χ3v) is 4.64. The number of hydrogen-bond acceptors (Lipinski definition) is 3. The topological polar surface area (TPSA) is 58.2 Å². The highest BCUT2D eigenvalue weighted by Crippen LogP contribution is 2.20. The number of benzene rings is 2. The smallest absolute Gasteiger partial charge is 0.240 e. The van der Waals surface area contributed by atoms with E-state index in [1.54, 1.807) is 12.1 Å². The van der Waals surface area contributed by atoms with E-state index in [1.807, 2.05) is 49.5 Å². The zero-order valence-corrected chi connectivity index (χ0v) is 14.1. The fourth-order valence-electron chi connectivity index (χ4n) is 2.01. The van der Waals surface area contributed by atoms with E-state index in [9.17, 15) is 8.42 Å². The molecule has 120 valence electrons. The lowest BCUT2D eigenvalue weighted by Gasteiger charge is -2.08. The molecule has 6 heteroatoms. The van der Waals surface area contributed by atoms with Gasteiger partial charge in [-0.3, -0.25) is 0 Å². The molecule has 0 aliphatic heterocycles. The van der Waals surface area contributed by atoms with E-state index in [2.05, 4.69) is 10.0 Å². The van der Waals surface area contributed by atoms with Gasteiger partial charge in [0.2, 0.25) is 10.0 Å². The van der Waals surface area contributed by atoms with Crippen LogP contribution < -0.4 is 10.0 Å². The summed E-state index contributed by atoms with van der Waals surface area (Å²) < 4.78 is 26.8. The molecule has 0 radical (unpaired) electrons. The van der Waals surface area contributed by atoms with Gasteiger partial charge in [0.05, 0.1) is 4.90 Å². The quantitative estimate of drug-likeness (QED) is 0.762. The Morgan fingerprint density at radius 3 is 2.05 bits per heavy atom. The Morgan fingerprint density at radius 1 is 0.864 bits per heavy atom. The van der Waals surface area contributed by atoms with E-state index in [1.165, 1.54) is 0 Å². The fourth-order valence-corrected chi connectivity index (χ4v) is 3.09. The Morgan fingerprint density at radius 2 is 1.45 bits per heavy atom. The summed E-state index contributed by atoms with van der Waals surface area (Å²) in [6.45, 7) is 1.22. The molecular formula is C16H21ClN2O2S. The van der Waals surface area contributed by atoms with Crippen LogP contribution in [-0.2, 0) is 10.0 Å². The molecule has 0 aliphatic carbocycles. The van der Waals surface area contributed by atoms with Crippen LogP contribution in [-0.4, -0.2) is 28.6 Å². The van der Waals surface area contributed by atoms with Gasteiger partial charge in [-0.15, -0.1) is 12.4 Å². The van der Waals surface area contributed by atoms with Crippen LogP contribution in [0.25, 0.3) is 11.1 Å². The van der Waals surface area contributed by atoms with E-state index in [0.29, 0.717) is 11.4 Å². The largest absolute Gasteiger partial charge is 0.320 e. The van der Waals surface area contributed by atoms with Gasteiger partial charge in [0.15, 0.2) is 0 Å². The zero-order valence-electron chi connectivity index (χ0n) is 12.5. The van der Waals surface area contributed by atoms with Crippen LogP contribution in [0.4, 0.5) is 0 Å². The first kappa shape index (κ1) is 18.6. The molecular weight excluding hydrogens is 320 g/mol. The molecule has 22 heavy (non-hydrogen) atoms. The Bertz CT molecular complexity index is 658. The van der Waals surface area contributed by atoms with Gasteiger partial charge in [0.1, 0.15) is 0 Å². The van der Waals surface area contributed by atoms with Crippen molar-refractivity contribution in [2.75, 3.05) is 20.1 Å². The van der Waals surface area contributed by atoms with Gasteiger partial charge in [-0.1, -0.05) is 42.5 Å². The lowest BCUT2D eigenvalue weighted by Crippen LogP contribution is -2.26. The molecule has 0 amide bonds. The maximum Gasteiger partial charge on any atom is 0.240 e. The Balaban J connectivity index is 0.00000242. The van der Waals surface area contributed by atoms with Crippen LogP contribution in [0.5, 0.6) is 0 Å². The molecule has 0 aliphatic rings. The van der Waals surface area contributed by atoms with E-state index in [-0.39, 0.29) is 12.4 Å². The number of hydrogen-bond donors (Lipinski definition) is 2. The summed E-state index contributed by atoms with van der Waals surface area (Å²) in [5.41, 5.74) is 2.08. The average Bonchev–Trinajstić information content (AvgIpc) is 2.53. The van der Waals surface area contributed by atoms with Gasteiger partial charge in [0.25, 0.3) is 0 Å². The highest BCUT2D eigenvalue weighted by atomic mass is 35.5. The average molecular weight is 341 g/mol. The van der Waals surface area contributed by atoms with Gasteiger partial charge in [-0.05, 0) is 43.3 Å². The van der Waals surface area contributed by atoms with Crippen LogP contribution in [0.2, 0.25) is 0 Å². The molecule has 0 saturated carbocycles. The first-order valence-electron chi connectivity index (χ1n) is 6.93. The van der Waals surface area contributed by atoms with Crippen molar-refractivity contribution in [2.45, 2.75) is 11.3 Å². The SMILES string of the molecule is CNCCCNS(=O)(=O)c1ccc(-c2ccccc2)cc1.Cl. The molecule has 0 aromatic heterocycles.